The van der Waals surface area contributed by atoms with Crippen LogP contribution in [0, 0.1) is 5.92 Å². The van der Waals surface area contributed by atoms with Crippen molar-refractivity contribution in [3.8, 4) is 5.75 Å². The molecule has 1 aromatic carbocycles. The lowest BCUT2D eigenvalue weighted by atomic mass is 9.78. The van der Waals surface area contributed by atoms with Crippen LogP contribution in [0.3, 0.4) is 0 Å². The molecule has 2 heterocycles. The molecule has 1 fully saturated rings. The topological polar surface area (TPSA) is 38.5 Å². The molecular weight excluding hydrogens is 284 g/mol. The predicted molar refractivity (Wildman–Crippen MR) is 86.9 cm³/mol. The number of nitrogens with two attached hydrogens (primary N) is 1. The summed E-state index contributed by atoms with van der Waals surface area (Å²) in [5.41, 5.74) is 7.38. The SMILES string of the molecule is CC1(C)Oc2ccc(Cl)cc2C(N)C1CN1CCCCC1. The first kappa shape index (κ1) is 15.1. The number of fused-ring (bicyclic) bond motifs is 1. The van der Waals surface area contributed by atoms with Gasteiger partial charge in [-0.3, -0.25) is 0 Å². The van der Waals surface area contributed by atoms with Crippen LogP contribution in [0.1, 0.15) is 44.7 Å². The van der Waals surface area contributed by atoms with Crippen molar-refractivity contribution in [1.29, 1.82) is 0 Å². The summed E-state index contributed by atoms with van der Waals surface area (Å²) in [6.45, 7) is 7.67. The Morgan fingerprint density at radius 2 is 2.00 bits per heavy atom. The number of ether oxygens (including phenoxy) is 1. The maximum Gasteiger partial charge on any atom is 0.125 e. The second-order valence-electron chi connectivity index (χ2n) is 6.88. The van der Waals surface area contributed by atoms with Gasteiger partial charge in [-0.15, -0.1) is 0 Å². The van der Waals surface area contributed by atoms with Crippen molar-refractivity contribution in [2.75, 3.05) is 19.6 Å². The third kappa shape index (κ3) is 3.05. The van der Waals surface area contributed by atoms with E-state index in [0.29, 0.717) is 0 Å². The molecule has 0 amide bonds. The van der Waals surface area contributed by atoms with E-state index in [2.05, 4.69) is 18.7 Å². The zero-order valence-electron chi connectivity index (χ0n) is 12.9. The van der Waals surface area contributed by atoms with Crippen molar-refractivity contribution in [3.63, 3.8) is 0 Å². The normalized spacial score (nSPS) is 28.8. The average Bonchev–Trinajstić information content (AvgIpc) is 2.45. The summed E-state index contributed by atoms with van der Waals surface area (Å²) in [5.74, 6) is 1.16. The zero-order chi connectivity index (χ0) is 15.0. The van der Waals surface area contributed by atoms with Gasteiger partial charge in [0.1, 0.15) is 11.4 Å². The molecular formula is C17H25ClN2O. The highest BCUT2D eigenvalue weighted by Gasteiger charge is 2.43. The van der Waals surface area contributed by atoms with Gasteiger partial charge in [0.05, 0.1) is 0 Å². The first-order chi connectivity index (χ1) is 9.97. The molecule has 0 saturated carbocycles. The molecule has 0 aliphatic carbocycles. The Bertz CT molecular complexity index is 512. The molecule has 21 heavy (non-hydrogen) atoms. The summed E-state index contributed by atoms with van der Waals surface area (Å²) in [5, 5.41) is 0.726. The van der Waals surface area contributed by atoms with E-state index in [1.165, 1.54) is 32.4 Å². The molecule has 2 atom stereocenters. The molecule has 2 N–H and O–H groups in total. The van der Waals surface area contributed by atoms with Gasteiger partial charge in [0.25, 0.3) is 0 Å². The smallest absolute Gasteiger partial charge is 0.125 e. The molecule has 116 valence electrons. The second kappa shape index (κ2) is 5.79. The standard InChI is InChI=1S/C17H25ClN2O/c1-17(2)14(11-20-8-4-3-5-9-20)16(19)13-10-12(18)6-7-15(13)21-17/h6-7,10,14,16H,3-5,8-9,11,19H2,1-2H3. The van der Waals surface area contributed by atoms with E-state index < -0.39 is 0 Å². The van der Waals surface area contributed by atoms with Crippen molar-refractivity contribution in [2.45, 2.75) is 44.8 Å². The first-order valence-corrected chi connectivity index (χ1v) is 8.31. The van der Waals surface area contributed by atoms with Gasteiger partial charge < -0.3 is 15.4 Å². The van der Waals surface area contributed by atoms with Crippen molar-refractivity contribution in [1.82, 2.24) is 4.90 Å². The van der Waals surface area contributed by atoms with Gasteiger partial charge in [0.15, 0.2) is 0 Å². The monoisotopic (exact) mass is 308 g/mol. The molecule has 0 radical (unpaired) electrons. The van der Waals surface area contributed by atoms with Crippen molar-refractivity contribution in [3.05, 3.63) is 28.8 Å². The van der Waals surface area contributed by atoms with Crippen LogP contribution in [0.2, 0.25) is 5.02 Å². The van der Waals surface area contributed by atoms with Gasteiger partial charge in [-0.1, -0.05) is 18.0 Å². The molecule has 2 unspecified atom stereocenters. The lowest BCUT2D eigenvalue weighted by molar-refractivity contribution is -0.00910. The summed E-state index contributed by atoms with van der Waals surface area (Å²) in [4.78, 5) is 2.54. The molecule has 0 spiro atoms. The summed E-state index contributed by atoms with van der Waals surface area (Å²) in [6, 6.07) is 5.74. The van der Waals surface area contributed by atoms with Crippen LogP contribution in [0.5, 0.6) is 5.75 Å². The number of piperidine rings is 1. The summed E-state index contributed by atoms with van der Waals surface area (Å²) >= 11 is 6.13. The molecule has 0 aromatic heterocycles. The van der Waals surface area contributed by atoms with E-state index in [1.54, 1.807) is 0 Å². The summed E-state index contributed by atoms with van der Waals surface area (Å²) in [6.07, 6.45) is 3.95. The van der Waals surface area contributed by atoms with E-state index in [9.17, 15) is 0 Å². The van der Waals surface area contributed by atoms with Crippen molar-refractivity contribution in [2.24, 2.45) is 11.7 Å². The number of benzene rings is 1. The number of hydrogen-bond acceptors (Lipinski definition) is 3. The van der Waals surface area contributed by atoms with Gasteiger partial charge in [0, 0.05) is 29.1 Å². The van der Waals surface area contributed by atoms with E-state index in [1.807, 2.05) is 18.2 Å². The van der Waals surface area contributed by atoms with Gasteiger partial charge in [-0.05, 0) is 58.0 Å². The van der Waals surface area contributed by atoms with Crippen LogP contribution in [-0.2, 0) is 0 Å². The van der Waals surface area contributed by atoms with Crippen LogP contribution >= 0.6 is 11.6 Å². The largest absolute Gasteiger partial charge is 0.487 e. The fraction of sp³-hybridized carbons (Fsp3) is 0.647. The number of hydrogen-bond donors (Lipinski definition) is 1. The Hall–Kier alpha value is -0.770. The molecule has 1 saturated heterocycles. The maximum atomic E-state index is 6.59. The van der Waals surface area contributed by atoms with E-state index in [4.69, 9.17) is 22.1 Å². The van der Waals surface area contributed by atoms with Crippen LogP contribution in [0.4, 0.5) is 0 Å². The van der Waals surface area contributed by atoms with E-state index in [0.717, 1.165) is 22.9 Å². The zero-order valence-corrected chi connectivity index (χ0v) is 13.7. The summed E-state index contributed by atoms with van der Waals surface area (Å²) < 4.78 is 6.23. The van der Waals surface area contributed by atoms with Gasteiger partial charge >= 0.3 is 0 Å². The Kier molecular flexibility index (Phi) is 4.17. The Balaban J connectivity index is 1.85. The number of likely N-dealkylation sites (tertiary alicyclic amines) is 1. The van der Waals surface area contributed by atoms with Gasteiger partial charge in [-0.2, -0.15) is 0 Å². The van der Waals surface area contributed by atoms with Crippen LogP contribution < -0.4 is 10.5 Å². The lowest BCUT2D eigenvalue weighted by Crippen LogP contribution is -2.52. The van der Waals surface area contributed by atoms with E-state index >= 15 is 0 Å². The highest BCUT2D eigenvalue weighted by atomic mass is 35.5. The number of halogens is 1. The molecule has 4 heteroatoms. The van der Waals surface area contributed by atoms with Crippen molar-refractivity contribution < 1.29 is 4.74 Å². The van der Waals surface area contributed by atoms with E-state index in [-0.39, 0.29) is 17.6 Å². The van der Waals surface area contributed by atoms with Gasteiger partial charge in [0.2, 0.25) is 0 Å². The summed E-state index contributed by atoms with van der Waals surface area (Å²) in [7, 11) is 0. The molecule has 3 nitrogen and oxygen atoms in total. The number of rotatable bonds is 2. The predicted octanol–water partition coefficient (Wildman–Crippen LogP) is 3.61. The molecule has 2 aliphatic heterocycles. The third-order valence-corrected chi connectivity index (χ3v) is 5.17. The molecule has 1 aromatic rings. The third-order valence-electron chi connectivity index (χ3n) is 4.93. The quantitative estimate of drug-likeness (QED) is 0.907. The van der Waals surface area contributed by atoms with Crippen LogP contribution in [0.15, 0.2) is 18.2 Å². The lowest BCUT2D eigenvalue weighted by Gasteiger charge is -2.46. The second-order valence-corrected chi connectivity index (χ2v) is 7.32. The minimum Gasteiger partial charge on any atom is -0.487 e. The maximum absolute atomic E-state index is 6.59. The average molecular weight is 309 g/mol. The number of nitrogens with zero attached hydrogens (tertiary/aromatic N) is 1. The molecule has 0 bridgehead atoms. The highest BCUT2D eigenvalue weighted by Crippen LogP contribution is 2.43. The fourth-order valence-corrected chi connectivity index (χ4v) is 3.82. The first-order valence-electron chi connectivity index (χ1n) is 7.94. The Labute approximate surface area is 132 Å². The Morgan fingerprint density at radius 3 is 2.71 bits per heavy atom. The molecule has 2 aliphatic rings. The van der Waals surface area contributed by atoms with Crippen LogP contribution in [0.25, 0.3) is 0 Å². The minimum absolute atomic E-state index is 0.0237. The highest BCUT2D eigenvalue weighted by molar-refractivity contribution is 6.30. The fourth-order valence-electron chi connectivity index (χ4n) is 3.63. The van der Waals surface area contributed by atoms with Crippen LogP contribution in [-0.4, -0.2) is 30.1 Å². The molecule has 3 rings (SSSR count). The minimum atomic E-state index is -0.252. The Morgan fingerprint density at radius 1 is 1.29 bits per heavy atom. The van der Waals surface area contributed by atoms with Crippen molar-refractivity contribution >= 4 is 11.6 Å². The van der Waals surface area contributed by atoms with Gasteiger partial charge in [-0.25, -0.2) is 0 Å².